The van der Waals surface area contributed by atoms with Crippen molar-refractivity contribution in [2.24, 2.45) is 0 Å². The third-order valence-corrected chi connectivity index (χ3v) is 2.84. The summed E-state index contributed by atoms with van der Waals surface area (Å²) in [5.74, 6) is -5.00. The van der Waals surface area contributed by atoms with E-state index in [1.165, 1.54) is 18.3 Å². The molecule has 0 aliphatic rings. The molecule has 0 radical (unpaired) electrons. The number of carboxylic acids is 2. The van der Waals surface area contributed by atoms with E-state index in [9.17, 15) is 19.2 Å². The van der Waals surface area contributed by atoms with E-state index in [4.69, 9.17) is 20.4 Å². The highest BCUT2D eigenvalue weighted by Crippen LogP contribution is 2.06. The topological polar surface area (TPSA) is 186 Å². The highest BCUT2D eigenvalue weighted by atomic mass is 16.4. The maximum absolute atomic E-state index is 12.1. The molecule has 1 rings (SSSR count). The van der Waals surface area contributed by atoms with Gasteiger partial charge < -0.3 is 31.1 Å². The number of aliphatic hydroxyl groups is 2. The number of nitrogens with zero attached hydrogens (tertiary/aromatic N) is 1. The van der Waals surface area contributed by atoms with E-state index in [-0.39, 0.29) is 5.56 Å². The third kappa shape index (κ3) is 4.72. The zero-order valence-electron chi connectivity index (χ0n) is 12.2. The van der Waals surface area contributed by atoms with Gasteiger partial charge in [-0.2, -0.15) is 0 Å². The lowest BCUT2D eigenvalue weighted by atomic mass is 10.1. The molecule has 11 nitrogen and oxygen atoms in total. The molecule has 0 aliphatic heterocycles. The number of amides is 2. The summed E-state index contributed by atoms with van der Waals surface area (Å²) in [5, 5.41) is 39.3. The van der Waals surface area contributed by atoms with Gasteiger partial charge in [-0.05, 0) is 12.1 Å². The predicted octanol–water partition coefficient (Wildman–Crippen LogP) is -2.57. The van der Waals surface area contributed by atoms with Crippen LogP contribution < -0.4 is 10.6 Å². The van der Waals surface area contributed by atoms with Crippen molar-refractivity contribution in [3.05, 3.63) is 29.6 Å². The molecule has 1 aromatic heterocycles. The van der Waals surface area contributed by atoms with E-state index < -0.39 is 54.7 Å². The van der Waals surface area contributed by atoms with E-state index in [1.54, 1.807) is 0 Å². The van der Waals surface area contributed by atoms with Crippen LogP contribution in [0.2, 0.25) is 0 Å². The molecule has 1 heterocycles. The standard InChI is InChI=1S/C13H15N3O8/c17-4-7(12(21)22)15-10(19)6-2-1-3-14-9(6)11(20)16-8(5-18)13(23)24/h1-3,7-8,17-18H,4-5H2,(H,15,19)(H,16,20)(H,21,22)(H,23,24)/t7-,8-/m1/s1. The molecule has 0 aliphatic carbocycles. The predicted molar refractivity (Wildman–Crippen MR) is 76.2 cm³/mol. The van der Waals surface area contributed by atoms with Gasteiger partial charge in [0.1, 0.15) is 5.69 Å². The fourth-order valence-corrected chi connectivity index (χ4v) is 1.60. The summed E-state index contributed by atoms with van der Waals surface area (Å²) in [6, 6.07) is -0.707. The molecule has 24 heavy (non-hydrogen) atoms. The van der Waals surface area contributed by atoms with Crippen LogP contribution in [0.1, 0.15) is 20.8 Å². The first-order chi connectivity index (χ1) is 11.3. The number of aliphatic hydroxyl groups excluding tert-OH is 2. The van der Waals surface area contributed by atoms with Crippen molar-refractivity contribution >= 4 is 23.8 Å². The van der Waals surface area contributed by atoms with Crippen molar-refractivity contribution in [2.75, 3.05) is 13.2 Å². The van der Waals surface area contributed by atoms with Gasteiger partial charge in [0.2, 0.25) is 0 Å². The fourth-order valence-electron chi connectivity index (χ4n) is 1.60. The number of carboxylic acid groups (broad SMARTS) is 2. The van der Waals surface area contributed by atoms with Crippen LogP contribution in [0.5, 0.6) is 0 Å². The number of hydrogen-bond acceptors (Lipinski definition) is 7. The minimum absolute atomic E-state index is 0.322. The van der Waals surface area contributed by atoms with Crippen molar-refractivity contribution in [3.8, 4) is 0 Å². The molecule has 11 heteroatoms. The minimum Gasteiger partial charge on any atom is -0.480 e. The number of pyridine rings is 1. The molecule has 0 unspecified atom stereocenters. The van der Waals surface area contributed by atoms with Crippen LogP contribution in [0.4, 0.5) is 0 Å². The molecule has 2 atom stereocenters. The van der Waals surface area contributed by atoms with Crippen LogP contribution in [-0.2, 0) is 9.59 Å². The van der Waals surface area contributed by atoms with Crippen LogP contribution in [0.3, 0.4) is 0 Å². The van der Waals surface area contributed by atoms with Crippen LogP contribution in [-0.4, -0.2) is 74.5 Å². The molecule has 1 aromatic rings. The van der Waals surface area contributed by atoms with Gasteiger partial charge in [0.15, 0.2) is 12.1 Å². The summed E-state index contributed by atoms with van der Waals surface area (Å²) in [4.78, 5) is 49.4. The van der Waals surface area contributed by atoms with Crippen LogP contribution in [0.15, 0.2) is 18.3 Å². The molecule has 0 aromatic carbocycles. The Labute approximate surface area is 134 Å². The van der Waals surface area contributed by atoms with Gasteiger partial charge in [-0.1, -0.05) is 0 Å². The molecule has 6 N–H and O–H groups in total. The Bertz CT molecular complexity index is 593. The SMILES string of the molecule is O=C(N[C@H](CO)C(=O)O)c1cccnc1C(=O)N[C@H](CO)C(=O)O. The first kappa shape index (κ1) is 19.0. The Kier molecular flexibility index (Phi) is 6.77. The lowest BCUT2D eigenvalue weighted by Crippen LogP contribution is -2.46. The second-order valence-electron chi connectivity index (χ2n) is 4.49. The number of aliphatic carboxylic acids is 2. The highest BCUT2D eigenvalue weighted by Gasteiger charge is 2.26. The van der Waals surface area contributed by atoms with Gasteiger partial charge in [0.05, 0.1) is 18.8 Å². The second kappa shape index (κ2) is 8.55. The molecule has 0 spiro atoms. The normalized spacial score (nSPS) is 12.8. The van der Waals surface area contributed by atoms with E-state index in [0.717, 1.165) is 0 Å². The zero-order chi connectivity index (χ0) is 18.3. The lowest BCUT2D eigenvalue weighted by Gasteiger charge is -2.15. The van der Waals surface area contributed by atoms with Crippen molar-refractivity contribution in [2.45, 2.75) is 12.1 Å². The fraction of sp³-hybridized carbons (Fsp3) is 0.308. The van der Waals surface area contributed by atoms with E-state index in [2.05, 4.69) is 4.98 Å². The molecular formula is C13H15N3O8. The van der Waals surface area contributed by atoms with E-state index in [1.807, 2.05) is 10.6 Å². The number of nitrogens with one attached hydrogen (secondary N) is 2. The van der Waals surface area contributed by atoms with E-state index >= 15 is 0 Å². The van der Waals surface area contributed by atoms with Gasteiger partial charge in [0.25, 0.3) is 11.8 Å². The van der Waals surface area contributed by atoms with Gasteiger partial charge in [-0.25, -0.2) is 9.59 Å². The lowest BCUT2D eigenvalue weighted by molar-refractivity contribution is -0.141. The van der Waals surface area contributed by atoms with Crippen LogP contribution in [0.25, 0.3) is 0 Å². The van der Waals surface area contributed by atoms with Gasteiger partial charge in [-0.3, -0.25) is 14.6 Å². The minimum atomic E-state index is -1.60. The summed E-state index contributed by atoms with van der Waals surface area (Å²) in [6.45, 7) is -1.74. The molecule has 0 saturated heterocycles. The summed E-state index contributed by atoms with van der Waals surface area (Å²) in [6.07, 6.45) is 1.17. The Morgan fingerprint density at radius 1 is 0.958 bits per heavy atom. The number of aromatic nitrogens is 1. The average Bonchev–Trinajstić information content (AvgIpc) is 2.56. The second-order valence-corrected chi connectivity index (χ2v) is 4.49. The van der Waals surface area contributed by atoms with Crippen molar-refractivity contribution < 1.29 is 39.6 Å². The summed E-state index contributed by atoms with van der Waals surface area (Å²) in [7, 11) is 0. The average molecular weight is 341 g/mol. The number of rotatable bonds is 8. The first-order valence-electron chi connectivity index (χ1n) is 6.55. The number of carbonyl (C=O) groups is 4. The smallest absolute Gasteiger partial charge is 0.328 e. The summed E-state index contributed by atoms with van der Waals surface area (Å²) < 4.78 is 0. The monoisotopic (exact) mass is 341 g/mol. The van der Waals surface area contributed by atoms with Crippen molar-refractivity contribution in [3.63, 3.8) is 0 Å². The molecule has 130 valence electrons. The Hall–Kier alpha value is -3.05. The van der Waals surface area contributed by atoms with Crippen LogP contribution >= 0.6 is 0 Å². The highest BCUT2D eigenvalue weighted by molar-refractivity contribution is 6.07. The molecule has 2 amide bonds. The van der Waals surface area contributed by atoms with Gasteiger partial charge in [-0.15, -0.1) is 0 Å². The van der Waals surface area contributed by atoms with Crippen LogP contribution in [0, 0.1) is 0 Å². The van der Waals surface area contributed by atoms with Gasteiger partial charge in [0, 0.05) is 6.20 Å². The van der Waals surface area contributed by atoms with Crippen molar-refractivity contribution in [1.82, 2.24) is 15.6 Å². The largest absolute Gasteiger partial charge is 0.480 e. The molecular weight excluding hydrogens is 326 g/mol. The molecule has 0 fully saturated rings. The maximum atomic E-state index is 12.1. The van der Waals surface area contributed by atoms with Crippen molar-refractivity contribution in [1.29, 1.82) is 0 Å². The summed E-state index contributed by atoms with van der Waals surface area (Å²) >= 11 is 0. The van der Waals surface area contributed by atoms with E-state index in [0.29, 0.717) is 0 Å². The first-order valence-corrected chi connectivity index (χ1v) is 6.55. The number of carbonyl (C=O) groups excluding carboxylic acids is 2. The summed E-state index contributed by atoms with van der Waals surface area (Å²) in [5.41, 5.74) is -0.784. The maximum Gasteiger partial charge on any atom is 0.328 e. The Morgan fingerprint density at radius 3 is 1.92 bits per heavy atom. The zero-order valence-corrected chi connectivity index (χ0v) is 12.2. The quantitative estimate of drug-likeness (QED) is 0.295. The molecule has 0 bridgehead atoms. The van der Waals surface area contributed by atoms with Gasteiger partial charge >= 0.3 is 11.9 Å². The number of hydrogen-bond donors (Lipinski definition) is 6. The molecule has 0 saturated carbocycles. The Morgan fingerprint density at radius 2 is 1.46 bits per heavy atom. The third-order valence-electron chi connectivity index (χ3n) is 2.84. The Balaban J connectivity index is 3.03.